The van der Waals surface area contributed by atoms with Gasteiger partial charge in [0.25, 0.3) is 5.78 Å². The monoisotopic (exact) mass is 288 g/mol. The molecule has 0 aliphatic carbocycles. The standard InChI is InChI=1S/C10H6BrClO3/c11-8-5-7(12)3-1-6(8)2-4-9(13)10(14)15/h1-5H,(H,14,15)/b4-2+. The van der Waals surface area contributed by atoms with Crippen molar-refractivity contribution in [3.8, 4) is 0 Å². The lowest BCUT2D eigenvalue weighted by atomic mass is 10.2. The van der Waals surface area contributed by atoms with E-state index in [1.54, 1.807) is 18.2 Å². The summed E-state index contributed by atoms with van der Waals surface area (Å²) in [6.07, 6.45) is 2.41. The first-order valence-electron chi connectivity index (χ1n) is 3.91. The highest BCUT2D eigenvalue weighted by Crippen LogP contribution is 2.22. The zero-order valence-electron chi connectivity index (χ0n) is 7.41. The fourth-order valence-corrected chi connectivity index (χ4v) is 1.69. The molecular formula is C10H6BrClO3. The van der Waals surface area contributed by atoms with Crippen LogP contribution < -0.4 is 0 Å². The SMILES string of the molecule is O=C(O)C(=O)/C=C/c1ccc(Cl)cc1Br. The number of hydrogen-bond acceptors (Lipinski definition) is 2. The van der Waals surface area contributed by atoms with Gasteiger partial charge in [-0.2, -0.15) is 0 Å². The zero-order valence-corrected chi connectivity index (χ0v) is 9.75. The number of carbonyl (C=O) groups is 2. The van der Waals surface area contributed by atoms with Gasteiger partial charge in [0.1, 0.15) is 0 Å². The first-order chi connectivity index (χ1) is 7.00. The van der Waals surface area contributed by atoms with Crippen LogP contribution in [-0.4, -0.2) is 16.9 Å². The Morgan fingerprint density at radius 3 is 2.60 bits per heavy atom. The molecule has 0 spiro atoms. The predicted octanol–water partition coefficient (Wildman–Crippen LogP) is 2.77. The number of carboxylic acid groups (broad SMARTS) is 1. The Kier molecular flexibility index (Phi) is 4.05. The van der Waals surface area contributed by atoms with Gasteiger partial charge in [-0.25, -0.2) is 4.79 Å². The van der Waals surface area contributed by atoms with Crippen LogP contribution in [0.4, 0.5) is 0 Å². The maximum absolute atomic E-state index is 10.8. The largest absolute Gasteiger partial charge is 0.475 e. The number of carbonyl (C=O) groups excluding carboxylic acids is 1. The van der Waals surface area contributed by atoms with Crippen LogP contribution in [0.2, 0.25) is 5.02 Å². The molecule has 0 aromatic heterocycles. The van der Waals surface area contributed by atoms with Crippen molar-refractivity contribution in [2.45, 2.75) is 0 Å². The van der Waals surface area contributed by atoms with E-state index >= 15 is 0 Å². The number of rotatable bonds is 3. The van der Waals surface area contributed by atoms with Gasteiger partial charge in [0, 0.05) is 9.50 Å². The fourth-order valence-electron chi connectivity index (χ4n) is 0.873. The highest BCUT2D eigenvalue weighted by Gasteiger charge is 2.06. The third-order valence-electron chi connectivity index (χ3n) is 1.59. The van der Waals surface area contributed by atoms with Gasteiger partial charge in [-0.15, -0.1) is 0 Å². The molecule has 0 saturated carbocycles. The van der Waals surface area contributed by atoms with Gasteiger partial charge >= 0.3 is 5.97 Å². The van der Waals surface area contributed by atoms with Crippen molar-refractivity contribution in [1.82, 2.24) is 0 Å². The topological polar surface area (TPSA) is 54.4 Å². The van der Waals surface area contributed by atoms with Crippen LogP contribution in [0.3, 0.4) is 0 Å². The molecule has 78 valence electrons. The molecule has 0 unspecified atom stereocenters. The quantitative estimate of drug-likeness (QED) is 0.687. The van der Waals surface area contributed by atoms with Crippen molar-refractivity contribution in [3.63, 3.8) is 0 Å². The van der Waals surface area contributed by atoms with E-state index < -0.39 is 11.8 Å². The summed E-state index contributed by atoms with van der Waals surface area (Å²) >= 11 is 8.95. The van der Waals surface area contributed by atoms with E-state index in [1.807, 2.05) is 0 Å². The van der Waals surface area contributed by atoms with Gasteiger partial charge in [-0.05, 0) is 29.8 Å². The smallest absolute Gasteiger partial charge is 0.376 e. The molecule has 0 amide bonds. The third kappa shape index (κ3) is 3.49. The van der Waals surface area contributed by atoms with Gasteiger partial charge in [-0.1, -0.05) is 33.6 Å². The molecule has 0 saturated heterocycles. The molecule has 0 heterocycles. The lowest BCUT2D eigenvalue weighted by Gasteiger charge is -1.97. The molecule has 0 fully saturated rings. The van der Waals surface area contributed by atoms with E-state index in [9.17, 15) is 9.59 Å². The van der Waals surface area contributed by atoms with Crippen molar-refractivity contribution in [2.75, 3.05) is 0 Å². The molecule has 0 aliphatic heterocycles. The van der Waals surface area contributed by atoms with Crippen LogP contribution in [0, 0.1) is 0 Å². The second kappa shape index (κ2) is 5.09. The van der Waals surface area contributed by atoms with Gasteiger partial charge in [-0.3, -0.25) is 4.79 Å². The van der Waals surface area contributed by atoms with Crippen LogP contribution in [0.1, 0.15) is 5.56 Å². The van der Waals surface area contributed by atoms with E-state index in [1.165, 1.54) is 6.08 Å². The summed E-state index contributed by atoms with van der Waals surface area (Å²) in [4.78, 5) is 21.0. The van der Waals surface area contributed by atoms with E-state index in [-0.39, 0.29) is 0 Å². The van der Waals surface area contributed by atoms with E-state index in [0.29, 0.717) is 15.1 Å². The minimum Gasteiger partial charge on any atom is -0.475 e. The highest BCUT2D eigenvalue weighted by atomic mass is 79.9. The Morgan fingerprint density at radius 2 is 2.07 bits per heavy atom. The van der Waals surface area contributed by atoms with Crippen LogP contribution in [0.5, 0.6) is 0 Å². The maximum atomic E-state index is 10.8. The molecule has 5 heteroatoms. The van der Waals surface area contributed by atoms with E-state index in [2.05, 4.69) is 15.9 Å². The number of carboxylic acids is 1. The first-order valence-corrected chi connectivity index (χ1v) is 5.08. The van der Waals surface area contributed by atoms with Gasteiger partial charge in [0.05, 0.1) is 0 Å². The van der Waals surface area contributed by atoms with Crippen molar-refractivity contribution in [3.05, 3.63) is 39.3 Å². The predicted molar refractivity (Wildman–Crippen MR) is 60.8 cm³/mol. The average molecular weight is 290 g/mol. The Balaban J connectivity index is 2.90. The molecule has 1 rings (SSSR count). The number of aliphatic carboxylic acids is 1. The van der Waals surface area contributed by atoms with Crippen LogP contribution >= 0.6 is 27.5 Å². The molecule has 0 radical (unpaired) electrons. The van der Waals surface area contributed by atoms with Gasteiger partial charge in [0.15, 0.2) is 0 Å². The Morgan fingerprint density at radius 1 is 1.40 bits per heavy atom. The lowest BCUT2D eigenvalue weighted by molar-refractivity contribution is -0.146. The Labute approximate surface area is 99.5 Å². The number of ketones is 1. The van der Waals surface area contributed by atoms with Crippen molar-refractivity contribution in [2.24, 2.45) is 0 Å². The molecule has 1 aromatic carbocycles. The average Bonchev–Trinajstić information content (AvgIpc) is 2.15. The molecule has 0 aliphatic rings. The second-order valence-electron chi connectivity index (χ2n) is 2.67. The molecule has 1 N–H and O–H groups in total. The van der Waals surface area contributed by atoms with E-state index in [4.69, 9.17) is 16.7 Å². The first kappa shape index (κ1) is 11.9. The fraction of sp³-hybridized carbons (Fsp3) is 0. The van der Waals surface area contributed by atoms with Crippen molar-refractivity contribution in [1.29, 1.82) is 0 Å². The van der Waals surface area contributed by atoms with Crippen molar-refractivity contribution < 1.29 is 14.7 Å². The number of halogens is 2. The highest BCUT2D eigenvalue weighted by molar-refractivity contribution is 9.10. The molecule has 15 heavy (non-hydrogen) atoms. The van der Waals surface area contributed by atoms with Crippen LogP contribution in [0.15, 0.2) is 28.7 Å². The lowest BCUT2D eigenvalue weighted by Crippen LogP contribution is -2.08. The molecule has 1 aromatic rings. The van der Waals surface area contributed by atoms with Crippen molar-refractivity contribution >= 4 is 45.4 Å². The van der Waals surface area contributed by atoms with Gasteiger partial charge < -0.3 is 5.11 Å². The summed E-state index contributed by atoms with van der Waals surface area (Å²) in [5.41, 5.74) is 0.689. The summed E-state index contributed by atoms with van der Waals surface area (Å²) in [6.45, 7) is 0. The second-order valence-corrected chi connectivity index (χ2v) is 3.96. The summed E-state index contributed by atoms with van der Waals surface area (Å²) in [7, 11) is 0. The molecule has 0 atom stereocenters. The molecule has 0 bridgehead atoms. The molecule has 3 nitrogen and oxygen atoms in total. The van der Waals surface area contributed by atoms with Crippen LogP contribution in [-0.2, 0) is 9.59 Å². The van der Waals surface area contributed by atoms with E-state index in [0.717, 1.165) is 6.08 Å². The number of hydrogen-bond donors (Lipinski definition) is 1. The summed E-state index contributed by atoms with van der Waals surface area (Å²) in [5, 5.41) is 8.90. The number of benzene rings is 1. The minimum atomic E-state index is -1.48. The summed E-state index contributed by atoms with van der Waals surface area (Å²) < 4.78 is 0.699. The maximum Gasteiger partial charge on any atom is 0.376 e. The van der Waals surface area contributed by atoms with Gasteiger partial charge in [0.2, 0.25) is 0 Å². The van der Waals surface area contributed by atoms with Crippen LogP contribution in [0.25, 0.3) is 6.08 Å². The zero-order chi connectivity index (χ0) is 11.4. The normalized spacial score (nSPS) is 10.5. The molecular weight excluding hydrogens is 283 g/mol. The minimum absolute atomic E-state index is 0.559. The third-order valence-corrected chi connectivity index (χ3v) is 2.51. The Bertz CT molecular complexity index is 440. The Hall–Kier alpha value is -1.13. The summed E-state index contributed by atoms with van der Waals surface area (Å²) in [5.74, 6) is -2.44. The summed E-state index contributed by atoms with van der Waals surface area (Å²) in [6, 6.07) is 4.99.